The molecular weight excluding hydrogens is 240 g/mol. The number of hydrogen-bond acceptors (Lipinski definition) is 4. The highest BCUT2D eigenvalue weighted by Gasteiger charge is 2.48. The van der Waals surface area contributed by atoms with E-state index in [0.717, 1.165) is 29.5 Å². The number of hydrogen-bond donors (Lipinski definition) is 1. The maximum Gasteiger partial charge on any atom is 0.221 e. The second-order valence-electron chi connectivity index (χ2n) is 6.74. The first-order valence-electron chi connectivity index (χ1n) is 7.46. The molecule has 0 spiro atoms. The van der Waals surface area contributed by atoms with Gasteiger partial charge in [-0.25, -0.2) is 0 Å². The van der Waals surface area contributed by atoms with E-state index in [-0.39, 0.29) is 0 Å². The van der Waals surface area contributed by atoms with Gasteiger partial charge in [0, 0.05) is 7.05 Å². The number of nitrogens with zero attached hydrogens (tertiary/aromatic N) is 3. The molecule has 5 nitrogen and oxygen atoms in total. The smallest absolute Gasteiger partial charge is 0.221 e. The van der Waals surface area contributed by atoms with E-state index in [1.807, 2.05) is 11.6 Å². The molecule has 4 fully saturated rings. The summed E-state index contributed by atoms with van der Waals surface area (Å²) in [5, 5.41) is 7.96. The van der Waals surface area contributed by atoms with E-state index in [1.54, 1.807) is 0 Å². The zero-order valence-electron chi connectivity index (χ0n) is 11.5. The van der Waals surface area contributed by atoms with Gasteiger partial charge in [0.1, 0.15) is 6.61 Å². The molecule has 1 aromatic rings. The first-order chi connectivity index (χ1) is 9.20. The fraction of sp³-hybridized carbons (Fsp3) is 0.857. The molecule has 4 aliphatic carbocycles. The van der Waals surface area contributed by atoms with Crippen LogP contribution >= 0.6 is 0 Å². The standard InChI is InChI=1S/C14H22N4O/c1-18-12(16-17-14(18)15)7-19-13-10-3-8-2-9(5-10)6-11(13)4-8/h8-11,13H,2-7H2,1H3,(H2,15,17). The minimum absolute atomic E-state index is 0.450. The van der Waals surface area contributed by atoms with Crippen LogP contribution < -0.4 is 5.73 Å². The van der Waals surface area contributed by atoms with Gasteiger partial charge >= 0.3 is 0 Å². The molecule has 1 heterocycles. The highest BCUT2D eigenvalue weighted by Crippen LogP contribution is 2.54. The molecule has 5 heteroatoms. The number of anilines is 1. The molecule has 0 aliphatic heterocycles. The highest BCUT2D eigenvalue weighted by atomic mass is 16.5. The zero-order chi connectivity index (χ0) is 13.0. The maximum atomic E-state index is 6.22. The van der Waals surface area contributed by atoms with E-state index in [0.29, 0.717) is 18.7 Å². The second-order valence-corrected chi connectivity index (χ2v) is 6.74. The normalized spacial score (nSPS) is 39.9. The molecule has 4 aliphatic rings. The average molecular weight is 262 g/mol. The van der Waals surface area contributed by atoms with Crippen LogP contribution in [0.15, 0.2) is 0 Å². The number of rotatable bonds is 3. The SMILES string of the molecule is Cn1c(N)nnc1COC1C2CC3CC(C2)CC1C3. The van der Waals surface area contributed by atoms with Crippen molar-refractivity contribution in [1.82, 2.24) is 14.8 Å². The third-order valence-corrected chi connectivity index (χ3v) is 5.54. The predicted molar refractivity (Wildman–Crippen MR) is 71.0 cm³/mol. The second kappa shape index (κ2) is 4.20. The summed E-state index contributed by atoms with van der Waals surface area (Å²) in [6.07, 6.45) is 7.49. The molecule has 0 unspecified atom stereocenters. The maximum absolute atomic E-state index is 6.22. The van der Waals surface area contributed by atoms with Crippen LogP contribution in [0.4, 0.5) is 5.95 Å². The van der Waals surface area contributed by atoms with Gasteiger partial charge in [-0.05, 0) is 55.8 Å². The van der Waals surface area contributed by atoms with E-state index in [4.69, 9.17) is 10.5 Å². The van der Waals surface area contributed by atoms with E-state index in [1.165, 1.54) is 32.1 Å². The summed E-state index contributed by atoms with van der Waals surface area (Å²) in [5.41, 5.74) is 5.70. The molecule has 0 amide bonds. The topological polar surface area (TPSA) is 66.0 Å². The van der Waals surface area contributed by atoms with Gasteiger partial charge in [-0.1, -0.05) is 0 Å². The quantitative estimate of drug-likeness (QED) is 0.901. The van der Waals surface area contributed by atoms with Crippen LogP contribution in [0.3, 0.4) is 0 Å². The number of nitrogens with two attached hydrogens (primary N) is 1. The van der Waals surface area contributed by atoms with Gasteiger partial charge in [-0.3, -0.25) is 4.57 Å². The lowest BCUT2D eigenvalue weighted by atomic mass is 9.55. The minimum atomic E-state index is 0.450. The monoisotopic (exact) mass is 262 g/mol. The van der Waals surface area contributed by atoms with Crippen LogP contribution in [0.2, 0.25) is 0 Å². The van der Waals surface area contributed by atoms with Crippen LogP contribution in [0.5, 0.6) is 0 Å². The lowest BCUT2D eigenvalue weighted by Crippen LogP contribution is -2.49. The number of nitrogen functional groups attached to an aromatic ring is 1. The molecule has 104 valence electrons. The van der Waals surface area contributed by atoms with Gasteiger partial charge < -0.3 is 10.5 Å². The average Bonchev–Trinajstić information content (AvgIpc) is 2.69. The van der Waals surface area contributed by atoms with E-state index in [2.05, 4.69) is 10.2 Å². The summed E-state index contributed by atoms with van der Waals surface area (Å²) in [7, 11) is 1.89. The van der Waals surface area contributed by atoms with Crippen molar-refractivity contribution < 1.29 is 4.74 Å². The Morgan fingerprint density at radius 1 is 1.11 bits per heavy atom. The summed E-state index contributed by atoms with van der Waals surface area (Å²) in [6.45, 7) is 0.549. The zero-order valence-corrected chi connectivity index (χ0v) is 11.5. The number of aromatic nitrogens is 3. The largest absolute Gasteiger partial charge is 0.370 e. The van der Waals surface area contributed by atoms with Crippen molar-refractivity contribution in [2.24, 2.45) is 30.7 Å². The van der Waals surface area contributed by atoms with Crippen molar-refractivity contribution in [3.8, 4) is 0 Å². The van der Waals surface area contributed by atoms with Crippen molar-refractivity contribution in [1.29, 1.82) is 0 Å². The van der Waals surface area contributed by atoms with Crippen LogP contribution in [0.25, 0.3) is 0 Å². The van der Waals surface area contributed by atoms with Gasteiger partial charge in [0.05, 0.1) is 6.10 Å². The van der Waals surface area contributed by atoms with Crippen molar-refractivity contribution in [2.75, 3.05) is 5.73 Å². The van der Waals surface area contributed by atoms with Crippen LogP contribution in [-0.2, 0) is 18.4 Å². The molecule has 2 N–H and O–H groups in total. The number of ether oxygens (including phenoxy) is 1. The lowest BCUT2D eigenvalue weighted by molar-refractivity contribution is -0.133. The molecule has 0 aromatic carbocycles. The Morgan fingerprint density at radius 2 is 1.74 bits per heavy atom. The van der Waals surface area contributed by atoms with E-state index < -0.39 is 0 Å². The summed E-state index contributed by atoms with van der Waals surface area (Å²) >= 11 is 0. The Labute approximate surface area is 113 Å². The fourth-order valence-corrected chi connectivity index (χ4v) is 4.82. The third kappa shape index (κ3) is 1.86. The molecule has 4 saturated carbocycles. The van der Waals surface area contributed by atoms with Gasteiger partial charge in [0.25, 0.3) is 0 Å². The van der Waals surface area contributed by atoms with Gasteiger partial charge in [-0.2, -0.15) is 0 Å². The third-order valence-electron chi connectivity index (χ3n) is 5.54. The Morgan fingerprint density at radius 3 is 2.26 bits per heavy atom. The first-order valence-corrected chi connectivity index (χ1v) is 7.46. The summed E-state index contributed by atoms with van der Waals surface area (Å²) in [6, 6.07) is 0. The van der Waals surface area contributed by atoms with Crippen LogP contribution in [0, 0.1) is 23.7 Å². The lowest BCUT2D eigenvalue weighted by Gasteiger charge is -2.53. The van der Waals surface area contributed by atoms with Crippen LogP contribution in [-0.4, -0.2) is 20.9 Å². The summed E-state index contributed by atoms with van der Waals surface area (Å²) in [5.74, 6) is 4.87. The summed E-state index contributed by atoms with van der Waals surface area (Å²) < 4.78 is 8.04. The molecule has 1 aromatic heterocycles. The molecule has 0 saturated heterocycles. The Balaban J connectivity index is 1.45. The fourth-order valence-electron chi connectivity index (χ4n) is 4.82. The Bertz CT molecular complexity index is 456. The van der Waals surface area contributed by atoms with Gasteiger partial charge in [0.15, 0.2) is 5.82 Å². The molecule has 5 rings (SSSR count). The van der Waals surface area contributed by atoms with Crippen molar-refractivity contribution >= 4 is 5.95 Å². The van der Waals surface area contributed by atoms with Crippen LogP contribution in [0.1, 0.15) is 37.9 Å². The molecule has 0 radical (unpaired) electrons. The van der Waals surface area contributed by atoms with Gasteiger partial charge in [0.2, 0.25) is 5.95 Å². The summed E-state index contributed by atoms with van der Waals surface area (Å²) in [4.78, 5) is 0. The Kier molecular flexibility index (Phi) is 2.59. The highest BCUT2D eigenvalue weighted by molar-refractivity contribution is 5.15. The molecule has 4 bridgehead atoms. The Hall–Kier alpha value is -1.10. The van der Waals surface area contributed by atoms with Crippen molar-refractivity contribution in [3.63, 3.8) is 0 Å². The first kappa shape index (κ1) is 11.7. The molecule has 0 atom stereocenters. The minimum Gasteiger partial charge on any atom is -0.370 e. The molecular formula is C14H22N4O. The van der Waals surface area contributed by atoms with Crippen molar-refractivity contribution in [2.45, 2.75) is 44.8 Å². The van der Waals surface area contributed by atoms with E-state index >= 15 is 0 Å². The predicted octanol–water partition coefficient (Wildman–Crippen LogP) is 1.74. The van der Waals surface area contributed by atoms with Gasteiger partial charge in [-0.15, -0.1) is 10.2 Å². The van der Waals surface area contributed by atoms with Crippen molar-refractivity contribution in [3.05, 3.63) is 5.82 Å². The van der Waals surface area contributed by atoms with E-state index in [9.17, 15) is 0 Å². The molecule has 19 heavy (non-hydrogen) atoms.